The fourth-order valence-corrected chi connectivity index (χ4v) is 3.70. The number of carbonyl (C=O) groups is 4. The fourth-order valence-electron chi connectivity index (χ4n) is 3.70. The van der Waals surface area contributed by atoms with Crippen molar-refractivity contribution in [3.8, 4) is 0 Å². The molecular weight excluding hydrogens is 480 g/mol. The average molecular weight is 504 g/mol. The molecule has 1 aliphatic heterocycles. The molecular formula is C28H24O9. The summed E-state index contributed by atoms with van der Waals surface area (Å²) < 4.78 is 27.7. The Balaban J connectivity index is 1.58. The predicted octanol–water partition coefficient (Wildman–Crippen LogP) is 3.58. The number of ether oxygens (including phenoxy) is 5. The van der Waals surface area contributed by atoms with Gasteiger partial charge in [0.15, 0.2) is 6.10 Å². The molecule has 0 saturated carbocycles. The molecule has 9 nitrogen and oxygen atoms in total. The molecule has 2 unspecified atom stereocenters. The lowest BCUT2D eigenvalue weighted by Gasteiger charge is -2.24. The van der Waals surface area contributed by atoms with Crippen LogP contribution in [0.3, 0.4) is 0 Å². The van der Waals surface area contributed by atoms with Crippen molar-refractivity contribution < 1.29 is 42.9 Å². The van der Waals surface area contributed by atoms with Crippen LogP contribution in [-0.2, 0) is 28.5 Å². The number of carbonyl (C=O) groups excluding carboxylic acids is 4. The Hall–Kier alpha value is -4.50. The summed E-state index contributed by atoms with van der Waals surface area (Å²) in [6.45, 7) is 0.796. The van der Waals surface area contributed by atoms with Crippen molar-refractivity contribution in [3.05, 3.63) is 108 Å². The van der Waals surface area contributed by atoms with E-state index in [1.54, 1.807) is 91.0 Å². The Labute approximate surface area is 212 Å². The summed E-state index contributed by atoms with van der Waals surface area (Å²) in [5.41, 5.74) is 0.782. The Kier molecular flexibility index (Phi) is 8.27. The van der Waals surface area contributed by atoms with Crippen LogP contribution in [0, 0.1) is 0 Å². The van der Waals surface area contributed by atoms with Crippen LogP contribution in [0.4, 0.5) is 0 Å². The smallest absolute Gasteiger partial charge is 0.338 e. The third-order valence-corrected chi connectivity index (χ3v) is 5.44. The number of hydrogen-bond acceptors (Lipinski definition) is 9. The minimum absolute atomic E-state index is 0.233. The Bertz CT molecular complexity index is 1230. The first-order valence-corrected chi connectivity index (χ1v) is 11.5. The Morgan fingerprint density at radius 3 is 1.51 bits per heavy atom. The molecule has 0 bridgehead atoms. The summed E-state index contributed by atoms with van der Waals surface area (Å²) >= 11 is 0. The zero-order valence-electron chi connectivity index (χ0n) is 19.9. The number of hydrogen-bond donors (Lipinski definition) is 0. The van der Waals surface area contributed by atoms with Gasteiger partial charge < -0.3 is 23.7 Å². The second kappa shape index (κ2) is 12.0. The van der Waals surface area contributed by atoms with Gasteiger partial charge in [-0.2, -0.15) is 0 Å². The van der Waals surface area contributed by atoms with Crippen LogP contribution in [0.25, 0.3) is 0 Å². The first-order valence-electron chi connectivity index (χ1n) is 11.5. The van der Waals surface area contributed by atoms with E-state index >= 15 is 0 Å². The van der Waals surface area contributed by atoms with Crippen molar-refractivity contribution in [2.24, 2.45) is 0 Å². The van der Waals surface area contributed by atoms with Crippen molar-refractivity contribution in [2.75, 3.05) is 6.61 Å². The van der Waals surface area contributed by atoms with Gasteiger partial charge in [-0.25, -0.2) is 14.4 Å². The first kappa shape index (κ1) is 25.6. The van der Waals surface area contributed by atoms with Gasteiger partial charge in [0.25, 0.3) is 0 Å². The number of rotatable bonds is 8. The molecule has 190 valence electrons. The highest BCUT2D eigenvalue weighted by molar-refractivity contribution is 5.91. The summed E-state index contributed by atoms with van der Waals surface area (Å²) in [6.07, 6.45) is -5.09. The predicted molar refractivity (Wildman–Crippen MR) is 128 cm³/mol. The second-order valence-corrected chi connectivity index (χ2v) is 8.09. The van der Waals surface area contributed by atoms with Gasteiger partial charge in [-0.1, -0.05) is 54.6 Å². The molecule has 1 fully saturated rings. The summed E-state index contributed by atoms with van der Waals surface area (Å²) in [5.74, 6) is -2.81. The number of benzene rings is 3. The molecule has 1 aliphatic rings. The minimum atomic E-state index is -1.40. The molecule has 3 aromatic rings. The van der Waals surface area contributed by atoms with Gasteiger partial charge in [-0.3, -0.25) is 4.79 Å². The van der Waals surface area contributed by atoms with Gasteiger partial charge in [0.05, 0.1) is 16.7 Å². The maximum absolute atomic E-state index is 12.9. The Morgan fingerprint density at radius 1 is 0.622 bits per heavy atom. The molecule has 0 spiro atoms. The van der Waals surface area contributed by atoms with Gasteiger partial charge in [0, 0.05) is 6.92 Å². The summed E-state index contributed by atoms with van der Waals surface area (Å²) in [6, 6.07) is 24.6. The fraction of sp³-hybridized carbons (Fsp3) is 0.214. The van der Waals surface area contributed by atoms with Gasteiger partial charge in [-0.05, 0) is 36.4 Å². The molecule has 4 rings (SSSR count). The van der Waals surface area contributed by atoms with E-state index in [0.717, 1.165) is 6.92 Å². The standard InChI is InChI=1S/C28H24O9/c1-18(29)34-28-24(37-27(32)21-15-9-4-10-16-21)23(36-26(31)20-13-7-3-8-14-20)22(35-28)17-33-25(30)19-11-5-2-6-12-19/h2-16,22-24,28H,17H2,1H3/t22-,23?,24+,28?/m1/s1. The average Bonchev–Trinajstić information content (AvgIpc) is 3.23. The normalized spacial score (nSPS) is 20.5. The highest BCUT2D eigenvalue weighted by Gasteiger charge is 2.52. The molecule has 3 aromatic carbocycles. The Morgan fingerprint density at radius 2 is 1.05 bits per heavy atom. The van der Waals surface area contributed by atoms with Crippen LogP contribution in [0.15, 0.2) is 91.0 Å². The topological polar surface area (TPSA) is 114 Å². The maximum Gasteiger partial charge on any atom is 0.338 e. The van der Waals surface area contributed by atoms with Crippen molar-refractivity contribution in [1.29, 1.82) is 0 Å². The van der Waals surface area contributed by atoms with E-state index in [9.17, 15) is 19.2 Å². The molecule has 0 aromatic heterocycles. The third kappa shape index (κ3) is 6.59. The molecule has 0 amide bonds. The van der Waals surface area contributed by atoms with E-state index in [4.69, 9.17) is 23.7 Å². The van der Waals surface area contributed by atoms with E-state index in [0.29, 0.717) is 5.56 Å². The minimum Gasteiger partial charge on any atom is -0.459 e. The molecule has 0 radical (unpaired) electrons. The molecule has 37 heavy (non-hydrogen) atoms. The zero-order valence-corrected chi connectivity index (χ0v) is 19.9. The monoisotopic (exact) mass is 504 g/mol. The SMILES string of the molecule is CC(=O)OC1O[C@H](COC(=O)c2ccccc2)C(OC(=O)c2ccccc2)[C@@H]1OC(=O)c1ccccc1. The van der Waals surface area contributed by atoms with Gasteiger partial charge in [0.2, 0.25) is 12.4 Å². The summed E-state index contributed by atoms with van der Waals surface area (Å²) in [7, 11) is 0. The van der Waals surface area contributed by atoms with E-state index in [2.05, 4.69) is 0 Å². The molecule has 1 saturated heterocycles. The van der Waals surface area contributed by atoms with Crippen molar-refractivity contribution in [2.45, 2.75) is 31.5 Å². The van der Waals surface area contributed by atoms with Gasteiger partial charge in [0.1, 0.15) is 12.7 Å². The molecule has 0 N–H and O–H groups in total. The van der Waals surface area contributed by atoms with E-state index in [-0.39, 0.29) is 17.7 Å². The van der Waals surface area contributed by atoms with Crippen LogP contribution < -0.4 is 0 Å². The van der Waals surface area contributed by atoms with Crippen LogP contribution >= 0.6 is 0 Å². The molecule has 1 heterocycles. The van der Waals surface area contributed by atoms with Crippen LogP contribution in [0.1, 0.15) is 38.0 Å². The van der Waals surface area contributed by atoms with Crippen LogP contribution in [-0.4, -0.2) is 55.1 Å². The van der Waals surface area contributed by atoms with E-state index < -0.39 is 48.5 Å². The largest absolute Gasteiger partial charge is 0.459 e. The summed E-state index contributed by atoms with van der Waals surface area (Å²) in [5, 5.41) is 0. The first-order chi connectivity index (χ1) is 17.9. The lowest BCUT2D eigenvalue weighted by Crippen LogP contribution is -2.42. The number of esters is 4. The van der Waals surface area contributed by atoms with Gasteiger partial charge >= 0.3 is 23.9 Å². The van der Waals surface area contributed by atoms with E-state index in [1.165, 1.54) is 0 Å². The van der Waals surface area contributed by atoms with Crippen LogP contribution in [0.5, 0.6) is 0 Å². The lowest BCUT2D eigenvalue weighted by molar-refractivity contribution is -0.187. The molecule has 9 heteroatoms. The highest BCUT2D eigenvalue weighted by Crippen LogP contribution is 2.30. The molecule has 0 aliphatic carbocycles. The zero-order chi connectivity index (χ0) is 26.2. The van der Waals surface area contributed by atoms with Crippen LogP contribution in [0.2, 0.25) is 0 Å². The quantitative estimate of drug-likeness (QED) is 0.335. The van der Waals surface area contributed by atoms with Crippen molar-refractivity contribution in [1.82, 2.24) is 0 Å². The second-order valence-electron chi connectivity index (χ2n) is 8.09. The van der Waals surface area contributed by atoms with Crippen molar-refractivity contribution in [3.63, 3.8) is 0 Å². The third-order valence-electron chi connectivity index (χ3n) is 5.44. The summed E-state index contributed by atoms with van der Waals surface area (Å²) in [4.78, 5) is 50.0. The van der Waals surface area contributed by atoms with E-state index in [1.807, 2.05) is 0 Å². The maximum atomic E-state index is 12.9. The molecule has 4 atom stereocenters. The lowest BCUT2D eigenvalue weighted by atomic mass is 10.1. The highest BCUT2D eigenvalue weighted by atomic mass is 16.8. The van der Waals surface area contributed by atoms with Crippen molar-refractivity contribution >= 4 is 23.9 Å². The van der Waals surface area contributed by atoms with Gasteiger partial charge in [-0.15, -0.1) is 0 Å².